The van der Waals surface area contributed by atoms with Crippen LogP contribution in [0.25, 0.3) is 6.08 Å². The van der Waals surface area contributed by atoms with E-state index in [0.717, 1.165) is 24.0 Å². The van der Waals surface area contributed by atoms with Crippen LogP contribution in [0.3, 0.4) is 0 Å². The number of carbonyl (C=O) groups is 1. The predicted molar refractivity (Wildman–Crippen MR) is 73.6 cm³/mol. The number of hydrogen-bond acceptors (Lipinski definition) is 3. The lowest BCUT2D eigenvalue weighted by atomic mass is 10.2. The van der Waals surface area contributed by atoms with Crippen LogP contribution in [0.1, 0.15) is 19.4 Å². The van der Waals surface area contributed by atoms with E-state index in [9.17, 15) is 4.79 Å². The highest BCUT2D eigenvalue weighted by atomic mass is 16.4. The van der Waals surface area contributed by atoms with Gasteiger partial charge in [0.15, 0.2) is 0 Å². The second-order valence-corrected chi connectivity index (χ2v) is 4.16. The van der Waals surface area contributed by atoms with Gasteiger partial charge in [0.05, 0.1) is 0 Å². The van der Waals surface area contributed by atoms with Gasteiger partial charge in [-0.1, -0.05) is 6.08 Å². The summed E-state index contributed by atoms with van der Waals surface area (Å²) in [6.45, 7) is 8.63. The van der Waals surface area contributed by atoms with Gasteiger partial charge in [-0.15, -0.1) is 6.58 Å². The van der Waals surface area contributed by atoms with Crippen molar-refractivity contribution in [1.29, 1.82) is 0 Å². The highest BCUT2D eigenvalue weighted by molar-refractivity contribution is 5.85. The van der Waals surface area contributed by atoms with Gasteiger partial charge in [0.1, 0.15) is 5.82 Å². The van der Waals surface area contributed by atoms with Gasteiger partial charge in [0, 0.05) is 24.9 Å². The zero-order chi connectivity index (χ0) is 13.5. The number of aromatic nitrogens is 1. The Morgan fingerprint density at radius 2 is 2.28 bits per heavy atom. The monoisotopic (exact) mass is 246 g/mol. The standard InChI is InChI=1S/C14H18N2O2/c1-4-9-16(11(2)3)13-7-5-12(10-15-13)6-8-14(17)18/h4-8,10-11H,1,9H2,2-3H3,(H,17,18)/b8-6+. The number of hydrogen-bond donors (Lipinski definition) is 1. The van der Waals surface area contributed by atoms with Gasteiger partial charge < -0.3 is 10.0 Å². The Morgan fingerprint density at radius 3 is 2.72 bits per heavy atom. The van der Waals surface area contributed by atoms with Crippen molar-refractivity contribution in [3.05, 3.63) is 42.6 Å². The Morgan fingerprint density at radius 1 is 1.56 bits per heavy atom. The minimum Gasteiger partial charge on any atom is -0.478 e. The van der Waals surface area contributed by atoms with E-state index in [1.807, 2.05) is 18.2 Å². The molecule has 1 N–H and O–H groups in total. The van der Waals surface area contributed by atoms with E-state index >= 15 is 0 Å². The van der Waals surface area contributed by atoms with Crippen LogP contribution in [0.5, 0.6) is 0 Å². The van der Waals surface area contributed by atoms with Gasteiger partial charge in [-0.25, -0.2) is 9.78 Å². The maximum absolute atomic E-state index is 10.4. The highest BCUT2D eigenvalue weighted by Gasteiger charge is 2.09. The molecular formula is C14H18N2O2. The summed E-state index contributed by atoms with van der Waals surface area (Å²) in [4.78, 5) is 16.8. The molecule has 18 heavy (non-hydrogen) atoms. The van der Waals surface area contributed by atoms with Crippen LogP contribution in [0.15, 0.2) is 37.1 Å². The van der Waals surface area contributed by atoms with Gasteiger partial charge in [-0.05, 0) is 37.6 Å². The third-order valence-electron chi connectivity index (χ3n) is 2.43. The number of rotatable bonds is 6. The van der Waals surface area contributed by atoms with Crippen molar-refractivity contribution >= 4 is 17.9 Å². The molecule has 1 heterocycles. The van der Waals surface area contributed by atoms with E-state index < -0.39 is 5.97 Å². The van der Waals surface area contributed by atoms with E-state index in [-0.39, 0.29) is 0 Å². The van der Waals surface area contributed by atoms with E-state index in [1.165, 1.54) is 6.08 Å². The first-order valence-corrected chi connectivity index (χ1v) is 5.79. The molecule has 1 aromatic rings. The Bertz CT molecular complexity index is 436. The Labute approximate surface area is 107 Å². The minimum absolute atomic E-state index is 0.330. The van der Waals surface area contributed by atoms with Crippen LogP contribution in [-0.2, 0) is 4.79 Å². The van der Waals surface area contributed by atoms with Crippen LogP contribution in [0.2, 0.25) is 0 Å². The molecule has 0 atom stereocenters. The molecule has 0 bridgehead atoms. The van der Waals surface area contributed by atoms with Gasteiger partial charge >= 0.3 is 5.97 Å². The third kappa shape index (κ3) is 4.05. The number of pyridine rings is 1. The minimum atomic E-state index is -0.963. The lowest BCUT2D eigenvalue weighted by molar-refractivity contribution is -0.131. The molecule has 1 rings (SSSR count). The van der Waals surface area contributed by atoms with Crippen LogP contribution in [0.4, 0.5) is 5.82 Å². The fraction of sp³-hybridized carbons (Fsp3) is 0.286. The summed E-state index contributed by atoms with van der Waals surface area (Å²) in [5, 5.41) is 8.53. The first-order chi connectivity index (χ1) is 8.54. The van der Waals surface area contributed by atoms with Gasteiger partial charge in [0.25, 0.3) is 0 Å². The third-order valence-corrected chi connectivity index (χ3v) is 2.43. The smallest absolute Gasteiger partial charge is 0.328 e. The molecule has 0 saturated heterocycles. The fourth-order valence-corrected chi connectivity index (χ4v) is 1.54. The zero-order valence-corrected chi connectivity index (χ0v) is 10.7. The largest absolute Gasteiger partial charge is 0.478 e. The van der Waals surface area contributed by atoms with Gasteiger partial charge in [-0.3, -0.25) is 0 Å². The molecule has 0 aliphatic carbocycles. The van der Waals surface area contributed by atoms with Crippen molar-refractivity contribution in [2.24, 2.45) is 0 Å². The van der Waals surface area contributed by atoms with Crippen molar-refractivity contribution in [3.8, 4) is 0 Å². The average Bonchev–Trinajstić information content (AvgIpc) is 2.34. The van der Waals surface area contributed by atoms with Crippen molar-refractivity contribution in [3.63, 3.8) is 0 Å². The molecule has 96 valence electrons. The molecule has 0 amide bonds. The van der Waals surface area contributed by atoms with Gasteiger partial charge in [-0.2, -0.15) is 0 Å². The van der Waals surface area contributed by atoms with Crippen LogP contribution < -0.4 is 4.90 Å². The summed E-state index contributed by atoms with van der Waals surface area (Å²) < 4.78 is 0. The first kappa shape index (κ1) is 14.0. The lowest BCUT2D eigenvalue weighted by Crippen LogP contribution is -2.31. The fourth-order valence-electron chi connectivity index (χ4n) is 1.54. The maximum atomic E-state index is 10.4. The molecular weight excluding hydrogens is 228 g/mol. The second kappa shape index (κ2) is 6.59. The first-order valence-electron chi connectivity index (χ1n) is 5.79. The summed E-state index contributed by atoms with van der Waals surface area (Å²) in [7, 11) is 0. The molecule has 4 nitrogen and oxygen atoms in total. The van der Waals surface area contributed by atoms with Gasteiger partial charge in [0.2, 0.25) is 0 Å². The summed E-state index contributed by atoms with van der Waals surface area (Å²) in [6, 6.07) is 4.06. The molecule has 0 aliphatic rings. The van der Waals surface area contributed by atoms with Crippen LogP contribution >= 0.6 is 0 Å². The lowest BCUT2D eigenvalue weighted by Gasteiger charge is -2.26. The van der Waals surface area contributed by atoms with E-state index in [1.54, 1.807) is 6.20 Å². The van der Waals surface area contributed by atoms with E-state index in [2.05, 4.69) is 30.3 Å². The van der Waals surface area contributed by atoms with E-state index in [0.29, 0.717) is 6.04 Å². The average molecular weight is 246 g/mol. The van der Waals surface area contributed by atoms with Crippen molar-refractivity contribution in [2.75, 3.05) is 11.4 Å². The van der Waals surface area contributed by atoms with E-state index in [4.69, 9.17) is 5.11 Å². The molecule has 0 aliphatic heterocycles. The summed E-state index contributed by atoms with van der Waals surface area (Å²) in [5.74, 6) is -0.105. The SMILES string of the molecule is C=CCN(c1ccc(/C=C/C(=O)O)cn1)C(C)C. The van der Waals surface area contributed by atoms with Crippen LogP contribution in [0, 0.1) is 0 Å². The Balaban J connectivity index is 2.86. The number of carboxylic acids is 1. The molecule has 0 fully saturated rings. The second-order valence-electron chi connectivity index (χ2n) is 4.16. The number of nitrogens with zero attached hydrogens (tertiary/aromatic N) is 2. The highest BCUT2D eigenvalue weighted by Crippen LogP contribution is 2.14. The Hall–Kier alpha value is -2.10. The van der Waals surface area contributed by atoms with Crippen molar-refractivity contribution < 1.29 is 9.90 Å². The van der Waals surface area contributed by atoms with Crippen molar-refractivity contribution in [2.45, 2.75) is 19.9 Å². The normalized spacial score (nSPS) is 10.8. The van der Waals surface area contributed by atoms with Crippen molar-refractivity contribution in [1.82, 2.24) is 4.98 Å². The quantitative estimate of drug-likeness (QED) is 0.619. The molecule has 4 heteroatoms. The molecule has 0 saturated carbocycles. The number of aliphatic carboxylic acids is 1. The maximum Gasteiger partial charge on any atom is 0.328 e. The zero-order valence-electron chi connectivity index (χ0n) is 10.7. The Kier molecular flexibility index (Phi) is 5.11. The number of anilines is 1. The molecule has 0 spiro atoms. The topological polar surface area (TPSA) is 53.4 Å². The molecule has 0 aromatic carbocycles. The predicted octanol–water partition coefficient (Wildman–Crippen LogP) is 2.58. The number of carboxylic acid groups (broad SMARTS) is 1. The molecule has 0 radical (unpaired) electrons. The molecule has 0 unspecified atom stereocenters. The summed E-state index contributed by atoms with van der Waals surface area (Å²) in [6.07, 6.45) is 6.11. The van der Waals surface area contributed by atoms with Crippen LogP contribution in [-0.4, -0.2) is 28.6 Å². The molecule has 1 aromatic heterocycles. The summed E-state index contributed by atoms with van der Waals surface area (Å²) >= 11 is 0. The summed E-state index contributed by atoms with van der Waals surface area (Å²) in [5.41, 5.74) is 0.767.